The number of carbonyl (C=O) groups is 4. The van der Waals surface area contributed by atoms with Gasteiger partial charge < -0.3 is 14.8 Å². The molecule has 2 aliphatic heterocycles. The predicted molar refractivity (Wildman–Crippen MR) is 91.6 cm³/mol. The Morgan fingerprint density at radius 2 is 1.96 bits per heavy atom. The van der Waals surface area contributed by atoms with Crippen molar-refractivity contribution in [2.45, 2.75) is 18.3 Å². The van der Waals surface area contributed by atoms with Gasteiger partial charge in [-0.05, 0) is 18.2 Å². The summed E-state index contributed by atoms with van der Waals surface area (Å²) in [4.78, 5) is 48.8. The lowest BCUT2D eigenvalue weighted by atomic mass is 10.0. The molecule has 1 saturated heterocycles. The number of β-lactam (4-membered cyclic amide) rings is 1. The first-order chi connectivity index (χ1) is 12.5. The Kier molecular flexibility index (Phi) is 5.27. The molecule has 0 spiro atoms. The molecule has 2 aliphatic rings. The van der Waals surface area contributed by atoms with Crippen LogP contribution in [0.4, 0.5) is 0 Å². The first kappa shape index (κ1) is 18.0. The predicted octanol–water partition coefficient (Wildman–Crippen LogP) is 0.648. The van der Waals surface area contributed by atoms with Crippen molar-refractivity contribution in [1.29, 1.82) is 0 Å². The van der Waals surface area contributed by atoms with Crippen LogP contribution in [0, 0.1) is 0 Å². The van der Waals surface area contributed by atoms with Gasteiger partial charge in [-0.1, -0.05) is 18.2 Å². The number of thioether (sulfide) groups is 1. The third-order valence-corrected chi connectivity index (χ3v) is 5.01. The second kappa shape index (κ2) is 7.61. The second-order valence-electron chi connectivity index (χ2n) is 5.52. The monoisotopic (exact) mass is 376 g/mol. The number of rotatable bonds is 5. The highest BCUT2D eigenvalue weighted by molar-refractivity contribution is 8.00. The Balaban J connectivity index is 1.62. The van der Waals surface area contributed by atoms with Crippen molar-refractivity contribution in [2.75, 3.05) is 12.5 Å². The van der Waals surface area contributed by atoms with Gasteiger partial charge in [-0.25, -0.2) is 4.79 Å². The molecule has 26 heavy (non-hydrogen) atoms. The van der Waals surface area contributed by atoms with Gasteiger partial charge in [0.05, 0.1) is 0 Å². The third kappa shape index (κ3) is 3.57. The summed E-state index contributed by atoms with van der Waals surface area (Å²) in [7, 11) is 0. The van der Waals surface area contributed by atoms with E-state index in [1.54, 1.807) is 36.4 Å². The van der Waals surface area contributed by atoms with E-state index in [-0.39, 0.29) is 22.9 Å². The zero-order valence-corrected chi connectivity index (χ0v) is 14.7. The average molecular weight is 376 g/mol. The van der Waals surface area contributed by atoms with Crippen LogP contribution >= 0.6 is 11.8 Å². The zero-order valence-electron chi connectivity index (χ0n) is 13.8. The summed E-state index contributed by atoms with van der Waals surface area (Å²) in [5.41, 5.74) is 0.548. The van der Waals surface area contributed by atoms with E-state index in [4.69, 9.17) is 4.74 Å². The van der Waals surface area contributed by atoms with Gasteiger partial charge in [-0.3, -0.25) is 19.3 Å². The first-order valence-electron chi connectivity index (χ1n) is 7.80. The van der Waals surface area contributed by atoms with Gasteiger partial charge in [0.15, 0.2) is 0 Å². The fraction of sp³-hybridized carbons (Fsp3) is 0.294. The number of hydrogen-bond acceptors (Lipinski definition) is 7. The number of esters is 2. The van der Waals surface area contributed by atoms with Crippen molar-refractivity contribution >= 4 is 35.5 Å². The van der Waals surface area contributed by atoms with Crippen LogP contribution in [0.2, 0.25) is 0 Å². The zero-order chi connectivity index (χ0) is 18.7. The van der Waals surface area contributed by atoms with E-state index in [2.05, 4.69) is 10.1 Å². The number of amides is 2. The minimum atomic E-state index is -0.752. The largest absolute Gasteiger partial charge is 0.428 e. The van der Waals surface area contributed by atoms with Crippen LogP contribution in [0.3, 0.4) is 0 Å². The Morgan fingerprint density at radius 1 is 1.23 bits per heavy atom. The SMILES string of the molecule is CC(=O)OCOC(=O)C1=CCS[C@@H]2C(NC(=O)c3ccccc3)C(=O)N12. The van der Waals surface area contributed by atoms with Crippen LogP contribution in [0.5, 0.6) is 0 Å². The number of carbonyl (C=O) groups excluding carboxylic acids is 4. The summed E-state index contributed by atoms with van der Waals surface area (Å²) in [5, 5.41) is 2.32. The number of hydrogen-bond donors (Lipinski definition) is 1. The number of ether oxygens (including phenoxy) is 2. The van der Waals surface area contributed by atoms with Crippen LogP contribution < -0.4 is 5.32 Å². The molecular weight excluding hydrogens is 360 g/mol. The summed E-state index contributed by atoms with van der Waals surface area (Å²) in [6.45, 7) is 0.679. The third-order valence-electron chi connectivity index (χ3n) is 3.83. The van der Waals surface area contributed by atoms with Gasteiger partial charge in [0, 0.05) is 18.2 Å². The molecule has 1 unspecified atom stereocenters. The maximum atomic E-state index is 12.4. The smallest absolute Gasteiger partial charge is 0.357 e. The summed E-state index contributed by atoms with van der Waals surface area (Å²) < 4.78 is 9.40. The van der Waals surface area contributed by atoms with Crippen LogP contribution in [0.1, 0.15) is 17.3 Å². The molecule has 2 atom stereocenters. The quantitative estimate of drug-likeness (QED) is 0.457. The molecule has 0 radical (unpaired) electrons. The van der Waals surface area contributed by atoms with E-state index in [1.807, 2.05) is 0 Å². The lowest BCUT2D eigenvalue weighted by Gasteiger charge is -2.48. The van der Waals surface area contributed by atoms with E-state index in [0.717, 1.165) is 0 Å². The van der Waals surface area contributed by atoms with E-state index in [9.17, 15) is 19.2 Å². The maximum absolute atomic E-state index is 12.4. The Morgan fingerprint density at radius 3 is 2.65 bits per heavy atom. The van der Waals surface area contributed by atoms with Gasteiger partial charge in [-0.15, -0.1) is 11.8 Å². The molecule has 0 aromatic heterocycles. The van der Waals surface area contributed by atoms with Crippen molar-refractivity contribution < 1.29 is 28.7 Å². The lowest BCUT2D eigenvalue weighted by molar-refractivity contribution is -0.166. The topological polar surface area (TPSA) is 102 Å². The Labute approximate surface area is 153 Å². The van der Waals surface area contributed by atoms with Gasteiger partial charge in [0.25, 0.3) is 11.8 Å². The molecule has 0 aliphatic carbocycles. The van der Waals surface area contributed by atoms with Gasteiger partial charge >= 0.3 is 11.9 Å². The highest BCUT2D eigenvalue weighted by Gasteiger charge is 2.53. The minimum Gasteiger partial charge on any atom is -0.428 e. The number of fused-ring (bicyclic) bond motifs is 1. The maximum Gasteiger partial charge on any atom is 0.357 e. The van der Waals surface area contributed by atoms with E-state index >= 15 is 0 Å². The van der Waals surface area contributed by atoms with Crippen LogP contribution in [-0.2, 0) is 23.9 Å². The highest BCUT2D eigenvalue weighted by atomic mass is 32.2. The van der Waals surface area contributed by atoms with Crippen molar-refractivity contribution in [3.63, 3.8) is 0 Å². The normalized spacial score (nSPS) is 21.0. The molecule has 1 aromatic rings. The van der Waals surface area contributed by atoms with Crippen molar-refractivity contribution in [2.24, 2.45) is 0 Å². The second-order valence-corrected chi connectivity index (χ2v) is 6.67. The molecule has 0 saturated carbocycles. The van der Waals surface area contributed by atoms with Crippen LogP contribution in [-0.4, -0.2) is 52.6 Å². The molecule has 0 bridgehead atoms. The van der Waals surface area contributed by atoms with Crippen LogP contribution in [0.15, 0.2) is 42.1 Å². The van der Waals surface area contributed by atoms with Gasteiger partial charge in [0.2, 0.25) is 6.79 Å². The molecule has 2 heterocycles. The van der Waals surface area contributed by atoms with Gasteiger partial charge in [-0.2, -0.15) is 0 Å². The van der Waals surface area contributed by atoms with E-state index < -0.39 is 24.8 Å². The number of nitrogens with zero attached hydrogens (tertiary/aromatic N) is 1. The van der Waals surface area contributed by atoms with Crippen molar-refractivity contribution in [3.8, 4) is 0 Å². The molecule has 1 aromatic carbocycles. The standard InChI is InChI=1S/C17H16N2O6S/c1-10(20)24-9-25-17(23)12-7-8-26-16-13(15(22)19(12)16)18-14(21)11-5-3-2-4-6-11/h2-7,13,16H,8-9H2,1H3,(H,18,21)/t13?,16-/m1/s1. The summed E-state index contributed by atoms with van der Waals surface area (Å²) in [5.74, 6) is -1.57. The lowest BCUT2D eigenvalue weighted by Crippen LogP contribution is -2.70. The average Bonchev–Trinajstić information content (AvgIpc) is 2.65. The first-order valence-corrected chi connectivity index (χ1v) is 8.85. The molecule has 9 heteroatoms. The highest BCUT2D eigenvalue weighted by Crippen LogP contribution is 2.37. The fourth-order valence-corrected chi connectivity index (χ4v) is 3.78. The van der Waals surface area contributed by atoms with Gasteiger partial charge in [0.1, 0.15) is 17.1 Å². The molecule has 1 fully saturated rings. The Bertz CT molecular complexity index is 779. The molecule has 2 amide bonds. The van der Waals surface area contributed by atoms with E-state index in [0.29, 0.717) is 11.3 Å². The molecular formula is C17H16N2O6S. The number of nitrogens with one attached hydrogen (secondary N) is 1. The minimum absolute atomic E-state index is 0.0936. The summed E-state index contributed by atoms with van der Waals surface area (Å²) in [6.07, 6.45) is 1.57. The molecule has 136 valence electrons. The number of benzene rings is 1. The van der Waals surface area contributed by atoms with Crippen molar-refractivity contribution in [1.82, 2.24) is 10.2 Å². The molecule has 3 rings (SSSR count). The van der Waals surface area contributed by atoms with E-state index in [1.165, 1.54) is 23.6 Å². The van der Waals surface area contributed by atoms with Crippen molar-refractivity contribution in [3.05, 3.63) is 47.7 Å². The Hall–Kier alpha value is -2.81. The fourth-order valence-electron chi connectivity index (χ4n) is 2.58. The molecule has 8 nitrogen and oxygen atoms in total. The molecule has 1 N–H and O–H groups in total. The summed E-state index contributed by atoms with van der Waals surface area (Å²) in [6, 6.07) is 7.86. The van der Waals surface area contributed by atoms with Crippen LogP contribution in [0.25, 0.3) is 0 Å². The summed E-state index contributed by atoms with van der Waals surface area (Å²) >= 11 is 1.43.